The van der Waals surface area contributed by atoms with E-state index in [1.807, 2.05) is 0 Å². The normalized spacial score (nSPS) is 12.3. The predicted molar refractivity (Wildman–Crippen MR) is 224 cm³/mol. The largest absolute Gasteiger partial charge is 0.462 e. The Hall–Kier alpha value is -1.62. The molecule has 0 aliphatic rings. The van der Waals surface area contributed by atoms with Crippen molar-refractivity contribution in [1.82, 2.24) is 0 Å². The highest BCUT2D eigenvalue weighted by Gasteiger charge is 2.16. The van der Waals surface area contributed by atoms with Gasteiger partial charge in [0, 0.05) is 12.8 Å². The number of esters is 2. The molecule has 306 valence electrons. The van der Waals surface area contributed by atoms with Gasteiger partial charge in [-0.05, 0) is 44.9 Å². The molecule has 1 unspecified atom stereocenters. The summed E-state index contributed by atoms with van der Waals surface area (Å²) in [6.45, 7) is 4.15. The lowest BCUT2D eigenvalue weighted by molar-refractivity contribution is -0.161. The quantitative estimate of drug-likeness (QED) is 0.0384. The van der Waals surface area contributed by atoms with Crippen molar-refractivity contribution in [1.29, 1.82) is 0 Å². The Labute approximate surface area is 323 Å². The van der Waals surface area contributed by atoms with Gasteiger partial charge in [0.15, 0.2) is 6.10 Å². The molecule has 0 spiro atoms. The van der Waals surface area contributed by atoms with Crippen molar-refractivity contribution < 1.29 is 24.2 Å². The van der Waals surface area contributed by atoms with Crippen molar-refractivity contribution in [3.63, 3.8) is 0 Å². The second kappa shape index (κ2) is 43.8. The van der Waals surface area contributed by atoms with Crippen molar-refractivity contribution >= 4 is 11.9 Å². The molecule has 0 bridgehead atoms. The number of unbranched alkanes of at least 4 members (excludes halogenated alkanes) is 30. The molecule has 0 rings (SSSR count). The second-order valence-corrected chi connectivity index (χ2v) is 15.5. The maximum Gasteiger partial charge on any atom is 0.306 e. The van der Waals surface area contributed by atoms with Gasteiger partial charge < -0.3 is 14.6 Å². The second-order valence-electron chi connectivity index (χ2n) is 15.5. The van der Waals surface area contributed by atoms with Gasteiger partial charge in [-0.25, -0.2) is 0 Å². The van der Waals surface area contributed by atoms with Gasteiger partial charge in [0.05, 0.1) is 6.61 Å². The third kappa shape index (κ3) is 41.1. The summed E-state index contributed by atoms with van der Waals surface area (Å²) in [5.74, 6) is -0.583. The molecule has 0 aliphatic heterocycles. The first-order chi connectivity index (χ1) is 25.6. The van der Waals surface area contributed by atoms with E-state index in [1.165, 1.54) is 173 Å². The minimum atomic E-state index is -0.769. The fourth-order valence-corrected chi connectivity index (χ4v) is 6.76. The molecule has 0 saturated heterocycles. The number of carbonyl (C=O) groups is 2. The minimum Gasteiger partial charge on any atom is -0.462 e. The molecule has 1 atom stereocenters. The molecule has 1 N–H and O–H groups in total. The zero-order chi connectivity index (χ0) is 37.8. The molecule has 0 aliphatic carbocycles. The van der Waals surface area contributed by atoms with Crippen molar-refractivity contribution in [3.05, 3.63) is 24.3 Å². The molecule has 0 aromatic rings. The summed E-state index contributed by atoms with van der Waals surface area (Å²) < 4.78 is 10.7. The van der Waals surface area contributed by atoms with Gasteiger partial charge in [-0.3, -0.25) is 9.59 Å². The first-order valence-electron chi connectivity index (χ1n) is 22.9. The van der Waals surface area contributed by atoms with Gasteiger partial charge in [0.1, 0.15) is 6.61 Å². The van der Waals surface area contributed by atoms with E-state index < -0.39 is 6.10 Å². The lowest BCUT2D eigenvalue weighted by Crippen LogP contribution is -2.28. The fraction of sp³-hybridized carbons (Fsp3) is 0.872. The molecule has 0 fully saturated rings. The van der Waals surface area contributed by atoms with Crippen LogP contribution in [0.2, 0.25) is 0 Å². The highest BCUT2D eigenvalue weighted by molar-refractivity contribution is 5.70. The number of aliphatic hydroxyl groups excluding tert-OH is 1. The van der Waals surface area contributed by atoms with Gasteiger partial charge in [0.2, 0.25) is 0 Å². The van der Waals surface area contributed by atoms with Crippen LogP contribution in [0.3, 0.4) is 0 Å². The number of allylic oxidation sites excluding steroid dienone is 4. The van der Waals surface area contributed by atoms with Crippen LogP contribution in [0.25, 0.3) is 0 Å². The van der Waals surface area contributed by atoms with Crippen LogP contribution in [0, 0.1) is 0 Å². The molecular weight excluding hydrogens is 645 g/mol. The van der Waals surface area contributed by atoms with Gasteiger partial charge in [-0.1, -0.05) is 212 Å². The Kier molecular flexibility index (Phi) is 42.4. The number of carbonyl (C=O) groups excluding carboxylic acids is 2. The molecule has 5 nitrogen and oxygen atoms in total. The first-order valence-corrected chi connectivity index (χ1v) is 22.9. The third-order valence-corrected chi connectivity index (χ3v) is 10.2. The van der Waals surface area contributed by atoms with E-state index in [4.69, 9.17) is 9.47 Å². The molecule has 0 aromatic carbocycles. The SMILES string of the molecule is CCCCCCC/C=C\C/C=C\CCCCCCCCCCCC(=O)OC(CO)COC(=O)CCCCCCCCCCCCCCCCCCC. The van der Waals surface area contributed by atoms with E-state index in [2.05, 4.69) is 38.2 Å². The van der Waals surface area contributed by atoms with Gasteiger partial charge in [-0.2, -0.15) is 0 Å². The molecule has 0 heterocycles. The summed E-state index contributed by atoms with van der Waals surface area (Å²) in [5.41, 5.74) is 0. The van der Waals surface area contributed by atoms with Gasteiger partial charge >= 0.3 is 11.9 Å². The summed E-state index contributed by atoms with van der Waals surface area (Å²) in [6.07, 6.45) is 52.5. The van der Waals surface area contributed by atoms with E-state index in [0.717, 1.165) is 44.9 Å². The Morgan fingerprint density at radius 1 is 0.442 bits per heavy atom. The lowest BCUT2D eigenvalue weighted by atomic mass is 10.0. The summed E-state index contributed by atoms with van der Waals surface area (Å²) in [7, 11) is 0. The van der Waals surface area contributed by atoms with Crippen LogP contribution in [0.4, 0.5) is 0 Å². The van der Waals surface area contributed by atoms with E-state index >= 15 is 0 Å². The average Bonchev–Trinajstić information content (AvgIpc) is 3.15. The Morgan fingerprint density at radius 2 is 0.769 bits per heavy atom. The molecule has 0 amide bonds. The Morgan fingerprint density at radius 3 is 1.13 bits per heavy atom. The van der Waals surface area contributed by atoms with Crippen LogP contribution in [0.5, 0.6) is 0 Å². The monoisotopic (exact) mass is 733 g/mol. The van der Waals surface area contributed by atoms with Crippen LogP contribution in [-0.2, 0) is 19.1 Å². The van der Waals surface area contributed by atoms with E-state index in [0.29, 0.717) is 12.8 Å². The van der Waals surface area contributed by atoms with Crippen molar-refractivity contribution in [3.8, 4) is 0 Å². The van der Waals surface area contributed by atoms with Crippen molar-refractivity contribution in [2.75, 3.05) is 13.2 Å². The minimum absolute atomic E-state index is 0.0625. The number of aliphatic hydroxyl groups is 1. The maximum atomic E-state index is 12.2. The molecule has 0 saturated carbocycles. The summed E-state index contributed by atoms with van der Waals surface area (Å²) >= 11 is 0. The van der Waals surface area contributed by atoms with Crippen molar-refractivity contribution in [2.45, 2.75) is 251 Å². The Balaban J connectivity index is 3.50. The summed E-state index contributed by atoms with van der Waals surface area (Å²) in [5, 5.41) is 9.59. The zero-order valence-electron chi connectivity index (χ0n) is 34.8. The standard InChI is InChI=1S/C47H88O5/c1-3-5-7-9-11-13-15-17-19-21-22-23-24-26-28-30-32-34-36-38-40-42-47(50)52-45(43-48)44-51-46(49)41-39-37-35-33-31-29-27-25-20-18-16-14-12-10-8-6-4-2/h15,17,21-22,45,48H,3-14,16,18-20,23-44H2,1-2H3/b17-15-,22-21-. The summed E-state index contributed by atoms with van der Waals surface area (Å²) in [6, 6.07) is 0. The predicted octanol–water partition coefficient (Wildman–Crippen LogP) is 14.6. The zero-order valence-corrected chi connectivity index (χ0v) is 34.8. The molecule has 5 heteroatoms. The molecule has 0 aromatic heterocycles. The van der Waals surface area contributed by atoms with E-state index in [-0.39, 0.29) is 25.2 Å². The number of hydrogen-bond acceptors (Lipinski definition) is 5. The smallest absolute Gasteiger partial charge is 0.306 e. The number of rotatable bonds is 42. The lowest BCUT2D eigenvalue weighted by Gasteiger charge is -2.15. The highest BCUT2D eigenvalue weighted by atomic mass is 16.6. The number of hydrogen-bond donors (Lipinski definition) is 1. The topological polar surface area (TPSA) is 72.8 Å². The fourth-order valence-electron chi connectivity index (χ4n) is 6.76. The average molecular weight is 733 g/mol. The summed E-state index contributed by atoms with van der Waals surface area (Å²) in [4.78, 5) is 24.4. The van der Waals surface area contributed by atoms with E-state index in [1.54, 1.807) is 0 Å². The van der Waals surface area contributed by atoms with Crippen LogP contribution >= 0.6 is 0 Å². The molecular formula is C47H88O5. The van der Waals surface area contributed by atoms with Gasteiger partial charge in [-0.15, -0.1) is 0 Å². The van der Waals surface area contributed by atoms with Crippen molar-refractivity contribution in [2.24, 2.45) is 0 Å². The third-order valence-electron chi connectivity index (χ3n) is 10.2. The molecule has 0 radical (unpaired) electrons. The van der Waals surface area contributed by atoms with E-state index in [9.17, 15) is 14.7 Å². The molecule has 52 heavy (non-hydrogen) atoms. The van der Waals surface area contributed by atoms with Crippen LogP contribution < -0.4 is 0 Å². The van der Waals surface area contributed by atoms with Crippen LogP contribution in [0.15, 0.2) is 24.3 Å². The first kappa shape index (κ1) is 50.4. The van der Waals surface area contributed by atoms with Crippen LogP contribution in [0.1, 0.15) is 245 Å². The van der Waals surface area contributed by atoms with Crippen LogP contribution in [-0.4, -0.2) is 36.4 Å². The number of ether oxygens (including phenoxy) is 2. The highest BCUT2D eigenvalue weighted by Crippen LogP contribution is 2.16. The Bertz CT molecular complexity index is 791. The van der Waals surface area contributed by atoms with Gasteiger partial charge in [0.25, 0.3) is 0 Å². The maximum absolute atomic E-state index is 12.2.